The molecule has 1 fully saturated rings. The molecular formula is C16H23IO. The summed E-state index contributed by atoms with van der Waals surface area (Å²) in [5.74, 6) is 0.801. The second kappa shape index (κ2) is 7.49. The third kappa shape index (κ3) is 4.23. The molecule has 1 aromatic carbocycles. The first-order chi connectivity index (χ1) is 8.79. The molecule has 0 aromatic heterocycles. The highest BCUT2D eigenvalue weighted by Crippen LogP contribution is 2.27. The average molecular weight is 358 g/mol. The van der Waals surface area contributed by atoms with Gasteiger partial charge in [0, 0.05) is 4.43 Å². The molecule has 1 unspecified atom stereocenters. The van der Waals surface area contributed by atoms with E-state index in [9.17, 15) is 0 Å². The zero-order valence-electron chi connectivity index (χ0n) is 11.2. The number of halogens is 1. The Balaban J connectivity index is 1.86. The van der Waals surface area contributed by atoms with E-state index in [-0.39, 0.29) is 6.10 Å². The van der Waals surface area contributed by atoms with Crippen molar-refractivity contribution in [2.75, 3.05) is 11.0 Å². The summed E-state index contributed by atoms with van der Waals surface area (Å²) in [6, 6.07) is 8.77. The molecule has 1 aliphatic rings. The van der Waals surface area contributed by atoms with Gasteiger partial charge in [-0.15, -0.1) is 0 Å². The van der Waals surface area contributed by atoms with Gasteiger partial charge in [-0.2, -0.15) is 0 Å². The van der Waals surface area contributed by atoms with E-state index in [4.69, 9.17) is 4.74 Å². The van der Waals surface area contributed by atoms with Gasteiger partial charge in [0.15, 0.2) is 0 Å². The van der Waals surface area contributed by atoms with Gasteiger partial charge >= 0.3 is 0 Å². The minimum absolute atomic E-state index is 0.271. The Morgan fingerprint density at radius 3 is 2.44 bits per heavy atom. The van der Waals surface area contributed by atoms with Crippen molar-refractivity contribution in [2.45, 2.75) is 45.1 Å². The smallest absolute Gasteiger partial charge is 0.0914 e. The Morgan fingerprint density at radius 1 is 1.17 bits per heavy atom. The van der Waals surface area contributed by atoms with E-state index in [1.54, 1.807) is 0 Å². The average Bonchev–Trinajstić information content (AvgIpc) is 2.42. The number of rotatable bonds is 5. The molecule has 1 aliphatic carbocycles. The number of aryl methyl sites for hydroxylation is 1. The maximum atomic E-state index is 6.15. The summed E-state index contributed by atoms with van der Waals surface area (Å²) in [6.45, 7) is 3.08. The highest BCUT2D eigenvalue weighted by molar-refractivity contribution is 14.1. The van der Waals surface area contributed by atoms with Crippen LogP contribution in [0.1, 0.15) is 49.3 Å². The minimum Gasteiger partial charge on any atom is -0.372 e. The van der Waals surface area contributed by atoms with Crippen molar-refractivity contribution in [3.05, 3.63) is 35.4 Å². The predicted molar refractivity (Wildman–Crippen MR) is 85.3 cm³/mol. The van der Waals surface area contributed by atoms with Crippen LogP contribution in [0.2, 0.25) is 0 Å². The van der Waals surface area contributed by atoms with Gasteiger partial charge in [0.25, 0.3) is 0 Å². The van der Waals surface area contributed by atoms with E-state index >= 15 is 0 Å². The monoisotopic (exact) mass is 358 g/mol. The van der Waals surface area contributed by atoms with Crippen LogP contribution in [-0.2, 0) is 4.74 Å². The van der Waals surface area contributed by atoms with Gasteiger partial charge in [0.1, 0.15) is 0 Å². The van der Waals surface area contributed by atoms with Crippen LogP contribution in [0.25, 0.3) is 0 Å². The molecule has 0 saturated heterocycles. The molecular weight excluding hydrogens is 335 g/mol. The third-order valence-corrected chi connectivity index (χ3v) is 4.65. The van der Waals surface area contributed by atoms with Gasteiger partial charge in [0.05, 0.1) is 12.7 Å². The molecule has 18 heavy (non-hydrogen) atoms. The SMILES string of the molecule is Cc1ccc(C(CI)OCC2CCCCC2)cc1. The van der Waals surface area contributed by atoms with E-state index in [1.807, 2.05) is 0 Å². The highest BCUT2D eigenvalue weighted by atomic mass is 127. The molecule has 0 spiro atoms. The Labute approximate surface area is 124 Å². The first kappa shape index (κ1) is 14.3. The Hall–Kier alpha value is -0.0900. The van der Waals surface area contributed by atoms with E-state index in [2.05, 4.69) is 53.8 Å². The lowest BCUT2D eigenvalue weighted by Gasteiger charge is -2.24. The van der Waals surface area contributed by atoms with Crippen molar-refractivity contribution >= 4 is 22.6 Å². The van der Waals surface area contributed by atoms with E-state index in [1.165, 1.54) is 43.2 Å². The summed E-state index contributed by atoms with van der Waals surface area (Å²) in [6.07, 6.45) is 7.21. The van der Waals surface area contributed by atoms with Crippen LogP contribution >= 0.6 is 22.6 Å². The maximum Gasteiger partial charge on any atom is 0.0914 e. The van der Waals surface area contributed by atoms with Crippen molar-refractivity contribution in [3.63, 3.8) is 0 Å². The Morgan fingerprint density at radius 2 is 1.83 bits per heavy atom. The molecule has 0 bridgehead atoms. The first-order valence-electron chi connectivity index (χ1n) is 7.03. The molecule has 2 rings (SSSR count). The van der Waals surface area contributed by atoms with Gasteiger partial charge < -0.3 is 4.74 Å². The van der Waals surface area contributed by atoms with Gasteiger partial charge in [-0.1, -0.05) is 71.7 Å². The molecule has 2 heteroatoms. The molecule has 1 saturated carbocycles. The van der Waals surface area contributed by atoms with Gasteiger partial charge in [-0.25, -0.2) is 0 Å². The fraction of sp³-hybridized carbons (Fsp3) is 0.625. The molecule has 0 N–H and O–H groups in total. The molecule has 1 nitrogen and oxygen atoms in total. The summed E-state index contributed by atoms with van der Waals surface area (Å²) < 4.78 is 7.18. The number of hydrogen-bond donors (Lipinski definition) is 0. The lowest BCUT2D eigenvalue weighted by molar-refractivity contribution is 0.0345. The van der Waals surface area contributed by atoms with Gasteiger partial charge in [0.2, 0.25) is 0 Å². The standard InChI is InChI=1S/C16H23IO/c1-13-7-9-15(10-8-13)16(11-17)18-12-14-5-3-2-4-6-14/h7-10,14,16H,2-6,11-12H2,1H3. The first-order valence-corrected chi connectivity index (χ1v) is 8.56. The highest BCUT2D eigenvalue weighted by Gasteiger charge is 2.17. The number of benzene rings is 1. The van der Waals surface area contributed by atoms with E-state index < -0.39 is 0 Å². The van der Waals surface area contributed by atoms with E-state index in [0.29, 0.717) is 0 Å². The fourth-order valence-corrected chi connectivity index (χ4v) is 3.38. The molecule has 0 aliphatic heterocycles. The van der Waals surface area contributed by atoms with E-state index in [0.717, 1.165) is 17.0 Å². The summed E-state index contributed by atoms with van der Waals surface area (Å²) in [7, 11) is 0. The van der Waals surface area contributed by atoms with Crippen molar-refractivity contribution in [1.29, 1.82) is 0 Å². The fourth-order valence-electron chi connectivity index (χ4n) is 2.62. The maximum absolute atomic E-state index is 6.15. The lowest BCUT2D eigenvalue weighted by Crippen LogP contribution is -2.16. The summed E-state index contributed by atoms with van der Waals surface area (Å²) in [5.41, 5.74) is 2.64. The normalized spacial score (nSPS) is 18.8. The molecule has 0 heterocycles. The van der Waals surface area contributed by atoms with Crippen LogP contribution in [0.3, 0.4) is 0 Å². The molecule has 0 amide bonds. The number of alkyl halides is 1. The van der Waals surface area contributed by atoms with Crippen molar-refractivity contribution in [3.8, 4) is 0 Å². The zero-order valence-corrected chi connectivity index (χ0v) is 13.4. The van der Waals surface area contributed by atoms with Crippen molar-refractivity contribution < 1.29 is 4.74 Å². The van der Waals surface area contributed by atoms with Crippen LogP contribution in [0.4, 0.5) is 0 Å². The van der Waals surface area contributed by atoms with Crippen molar-refractivity contribution in [2.24, 2.45) is 5.92 Å². The topological polar surface area (TPSA) is 9.23 Å². The Bertz CT molecular complexity index is 341. The number of hydrogen-bond acceptors (Lipinski definition) is 1. The number of ether oxygens (including phenoxy) is 1. The molecule has 100 valence electrons. The second-order valence-electron chi connectivity index (χ2n) is 5.39. The second-order valence-corrected chi connectivity index (χ2v) is 6.27. The van der Waals surface area contributed by atoms with Gasteiger partial charge in [-0.05, 0) is 31.2 Å². The van der Waals surface area contributed by atoms with Crippen LogP contribution in [0, 0.1) is 12.8 Å². The largest absolute Gasteiger partial charge is 0.372 e. The summed E-state index contributed by atoms with van der Waals surface area (Å²) >= 11 is 2.43. The van der Waals surface area contributed by atoms with Gasteiger partial charge in [-0.3, -0.25) is 0 Å². The molecule has 1 aromatic rings. The van der Waals surface area contributed by atoms with Crippen LogP contribution in [0.15, 0.2) is 24.3 Å². The lowest BCUT2D eigenvalue weighted by atomic mass is 9.90. The summed E-state index contributed by atoms with van der Waals surface area (Å²) in [4.78, 5) is 0. The van der Waals surface area contributed by atoms with Crippen LogP contribution < -0.4 is 0 Å². The molecule has 1 atom stereocenters. The zero-order chi connectivity index (χ0) is 12.8. The quantitative estimate of drug-likeness (QED) is 0.528. The molecule has 0 radical (unpaired) electrons. The Kier molecular flexibility index (Phi) is 5.96. The van der Waals surface area contributed by atoms with Crippen molar-refractivity contribution in [1.82, 2.24) is 0 Å². The predicted octanol–water partition coefficient (Wildman–Crippen LogP) is 5.07. The minimum atomic E-state index is 0.271. The van der Waals surface area contributed by atoms with Crippen LogP contribution in [0.5, 0.6) is 0 Å². The third-order valence-electron chi connectivity index (χ3n) is 3.85. The summed E-state index contributed by atoms with van der Waals surface area (Å²) in [5, 5.41) is 0. The van der Waals surface area contributed by atoms with Crippen LogP contribution in [-0.4, -0.2) is 11.0 Å².